The maximum atomic E-state index is 12.9. The Morgan fingerprint density at radius 2 is 1.96 bits per heavy atom. The highest BCUT2D eigenvalue weighted by molar-refractivity contribution is 6.30. The number of ether oxygens (including phenoxy) is 2. The highest BCUT2D eigenvalue weighted by atomic mass is 35.5. The van der Waals surface area contributed by atoms with E-state index in [0.29, 0.717) is 22.2 Å². The second-order valence-electron chi connectivity index (χ2n) is 5.97. The third-order valence-corrected chi connectivity index (χ3v) is 4.55. The van der Waals surface area contributed by atoms with Crippen molar-refractivity contribution >= 4 is 23.2 Å². The predicted molar refractivity (Wildman–Crippen MR) is 101 cm³/mol. The Morgan fingerprint density at radius 1 is 1.18 bits per heavy atom. The van der Waals surface area contributed by atoms with Crippen LogP contribution < -0.4 is 14.8 Å². The van der Waals surface area contributed by atoms with Crippen molar-refractivity contribution in [3.05, 3.63) is 71.0 Å². The molecule has 0 unspecified atom stereocenters. The summed E-state index contributed by atoms with van der Waals surface area (Å²) in [5.41, 5.74) is 1.93. The first-order chi connectivity index (χ1) is 13.5. The van der Waals surface area contributed by atoms with Gasteiger partial charge >= 0.3 is 6.61 Å². The van der Waals surface area contributed by atoms with Crippen LogP contribution in [0.25, 0.3) is 5.70 Å². The number of hydrogen-bond acceptors (Lipinski definition) is 5. The predicted octanol–water partition coefficient (Wildman–Crippen LogP) is 4.60. The number of aromatic nitrogens is 3. The van der Waals surface area contributed by atoms with Gasteiger partial charge in [0, 0.05) is 10.6 Å². The van der Waals surface area contributed by atoms with Gasteiger partial charge in [-0.1, -0.05) is 23.7 Å². The van der Waals surface area contributed by atoms with Crippen molar-refractivity contribution in [2.45, 2.75) is 12.7 Å². The zero-order valence-corrected chi connectivity index (χ0v) is 15.4. The fraction of sp³-hybridized carbons (Fsp3) is 0.158. The molecule has 9 heteroatoms. The summed E-state index contributed by atoms with van der Waals surface area (Å²) in [5, 5.41) is 7.67. The molecule has 0 bridgehead atoms. The quantitative estimate of drug-likeness (QED) is 0.673. The normalized spacial score (nSPS) is 15.6. The van der Waals surface area contributed by atoms with E-state index in [9.17, 15) is 8.78 Å². The van der Waals surface area contributed by atoms with Gasteiger partial charge in [-0.2, -0.15) is 18.9 Å². The molecular formula is C19H15ClF2N4O2. The van der Waals surface area contributed by atoms with Gasteiger partial charge in [0.15, 0.2) is 0 Å². The molecule has 1 N–H and O–H groups in total. The molecule has 1 aromatic heterocycles. The summed E-state index contributed by atoms with van der Waals surface area (Å²) in [6.45, 7) is -2.97. The van der Waals surface area contributed by atoms with Crippen LogP contribution in [0.1, 0.15) is 17.2 Å². The van der Waals surface area contributed by atoms with Crippen LogP contribution in [-0.4, -0.2) is 28.5 Å². The largest absolute Gasteiger partial charge is 0.497 e. The Bertz CT molecular complexity index is 1020. The lowest BCUT2D eigenvalue weighted by Gasteiger charge is -2.25. The molecule has 1 aliphatic heterocycles. The lowest BCUT2D eigenvalue weighted by atomic mass is 10.0. The maximum absolute atomic E-state index is 12.9. The molecule has 1 aliphatic rings. The Hall–Kier alpha value is -3.13. The smallest absolute Gasteiger partial charge is 0.387 e. The molecule has 2 aromatic carbocycles. The van der Waals surface area contributed by atoms with Crippen molar-refractivity contribution in [1.82, 2.24) is 14.8 Å². The SMILES string of the molecule is COc1ccc([C@@H]2C=C(c3ccc(Cl)cc3OC(F)F)Nc3ncnn32)cc1. The molecule has 4 rings (SSSR count). The Balaban J connectivity index is 1.79. The number of fused-ring (bicyclic) bond motifs is 1. The first kappa shape index (κ1) is 18.2. The number of allylic oxidation sites excluding steroid dienone is 1. The van der Waals surface area contributed by atoms with Crippen molar-refractivity contribution in [2.24, 2.45) is 0 Å². The Morgan fingerprint density at radius 3 is 2.68 bits per heavy atom. The summed E-state index contributed by atoms with van der Waals surface area (Å²) in [4.78, 5) is 4.21. The van der Waals surface area contributed by atoms with E-state index in [2.05, 4.69) is 20.1 Å². The second kappa shape index (κ2) is 7.47. The summed E-state index contributed by atoms with van der Waals surface area (Å²) in [6.07, 6.45) is 3.29. The second-order valence-corrected chi connectivity index (χ2v) is 6.41. The highest BCUT2D eigenvalue weighted by Crippen LogP contribution is 2.37. The van der Waals surface area contributed by atoms with Gasteiger partial charge in [-0.3, -0.25) is 0 Å². The topological polar surface area (TPSA) is 61.2 Å². The number of nitrogens with one attached hydrogen (secondary N) is 1. The summed E-state index contributed by atoms with van der Waals surface area (Å²) in [7, 11) is 1.60. The standard InChI is InChI=1S/C19H15ClF2N4O2/c1-27-13-5-2-11(3-6-13)16-9-15(25-19-23-10-24-26(16)19)14-7-4-12(20)8-17(14)28-18(21)22/h2-10,16,18H,1H3,(H,23,24,25)/t16-/m0/s1. The number of halogens is 3. The van der Waals surface area contributed by atoms with Crippen LogP contribution in [-0.2, 0) is 0 Å². The number of anilines is 1. The van der Waals surface area contributed by atoms with Crippen molar-refractivity contribution in [3.63, 3.8) is 0 Å². The van der Waals surface area contributed by atoms with Gasteiger partial charge in [0.1, 0.15) is 23.9 Å². The van der Waals surface area contributed by atoms with Crippen LogP contribution in [0.4, 0.5) is 14.7 Å². The van der Waals surface area contributed by atoms with Gasteiger partial charge in [0.05, 0.1) is 12.8 Å². The highest BCUT2D eigenvalue weighted by Gasteiger charge is 2.25. The lowest BCUT2D eigenvalue weighted by Crippen LogP contribution is -2.20. The first-order valence-electron chi connectivity index (χ1n) is 8.32. The van der Waals surface area contributed by atoms with Crippen LogP contribution in [0, 0.1) is 0 Å². The summed E-state index contributed by atoms with van der Waals surface area (Å²) >= 11 is 5.95. The van der Waals surface area contributed by atoms with E-state index in [1.165, 1.54) is 12.4 Å². The van der Waals surface area contributed by atoms with Crippen molar-refractivity contribution in [2.75, 3.05) is 12.4 Å². The van der Waals surface area contributed by atoms with E-state index >= 15 is 0 Å². The fourth-order valence-corrected chi connectivity index (χ4v) is 3.20. The lowest BCUT2D eigenvalue weighted by molar-refractivity contribution is -0.0500. The Labute approximate surface area is 164 Å². The van der Waals surface area contributed by atoms with Crippen LogP contribution >= 0.6 is 11.6 Å². The molecule has 0 amide bonds. The number of methoxy groups -OCH3 is 1. The van der Waals surface area contributed by atoms with Crippen molar-refractivity contribution in [1.29, 1.82) is 0 Å². The van der Waals surface area contributed by atoms with Gasteiger partial charge in [0.25, 0.3) is 0 Å². The van der Waals surface area contributed by atoms with E-state index in [1.807, 2.05) is 30.3 Å². The van der Waals surface area contributed by atoms with Crippen LogP contribution in [0.3, 0.4) is 0 Å². The van der Waals surface area contributed by atoms with Gasteiger partial charge in [0.2, 0.25) is 5.95 Å². The molecule has 144 valence electrons. The number of hydrogen-bond donors (Lipinski definition) is 1. The minimum Gasteiger partial charge on any atom is -0.497 e. The van der Waals surface area contributed by atoms with Crippen molar-refractivity contribution in [3.8, 4) is 11.5 Å². The monoisotopic (exact) mass is 404 g/mol. The van der Waals surface area contributed by atoms with Gasteiger partial charge in [-0.25, -0.2) is 4.68 Å². The van der Waals surface area contributed by atoms with E-state index in [4.69, 9.17) is 16.3 Å². The maximum Gasteiger partial charge on any atom is 0.387 e. The molecule has 6 nitrogen and oxygen atoms in total. The van der Waals surface area contributed by atoms with Crippen LogP contribution in [0.15, 0.2) is 54.9 Å². The van der Waals surface area contributed by atoms with Gasteiger partial charge < -0.3 is 14.8 Å². The zero-order valence-electron chi connectivity index (χ0n) is 14.6. The third-order valence-electron chi connectivity index (χ3n) is 4.31. The van der Waals surface area contributed by atoms with E-state index in [0.717, 1.165) is 11.3 Å². The number of benzene rings is 2. The number of nitrogens with zero attached hydrogens (tertiary/aromatic N) is 3. The molecule has 3 aromatic rings. The third kappa shape index (κ3) is 3.50. The van der Waals surface area contributed by atoms with Crippen molar-refractivity contribution < 1.29 is 18.3 Å². The molecule has 0 spiro atoms. The van der Waals surface area contributed by atoms with E-state index in [-0.39, 0.29) is 11.8 Å². The van der Waals surface area contributed by atoms with Gasteiger partial charge in [-0.05, 0) is 42.0 Å². The first-order valence-corrected chi connectivity index (χ1v) is 8.70. The van der Waals surface area contributed by atoms with E-state index < -0.39 is 6.61 Å². The molecule has 0 radical (unpaired) electrons. The molecule has 0 aliphatic carbocycles. The molecule has 2 heterocycles. The minimum absolute atomic E-state index is 0.0253. The molecule has 1 atom stereocenters. The van der Waals surface area contributed by atoms with E-state index in [1.54, 1.807) is 23.9 Å². The average Bonchev–Trinajstić information content (AvgIpc) is 3.15. The number of alkyl halides is 2. The average molecular weight is 405 g/mol. The molecule has 0 saturated carbocycles. The van der Waals surface area contributed by atoms with Crippen LogP contribution in [0.2, 0.25) is 5.02 Å². The molecule has 0 fully saturated rings. The summed E-state index contributed by atoms with van der Waals surface area (Å²) in [5.74, 6) is 1.19. The summed E-state index contributed by atoms with van der Waals surface area (Å²) in [6, 6.07) is 11.8. The number of rotatable bonds is 5. The molecule has 28 heavy (non-hydrogen) atoms. The van der Waals surface area contributed by atoms with Gasteiger partial charge in [-0.15, -0.1) is 0 Å². The molecular weight excluding hydrogens is 390 g/mol. The fourth-order valence-electron chi connectivity index (χ4n) is 3.04. The molecule has 0 saturated heterocycles. The van der Waals surface area contributed by atoms with Crippen LogP contribution in [0.5, 0.6) is 11.5 Å². The Kier molecular flexibility index (Phi) is 4.87. The summed E-state index contributed by atoms with van der Waals surface area (Å²) < 4.78 is 37.3. The zero-order chi connectivity index (χ0) is 19.7. The minimum atomic E-state index is -2.97.